The van der Waals surface area contributed by atoms with Crippen molar-refractivity contribution in [3.63, 3.8) is 0 Å². The first kappa shape index (κ1) is 21.4. The van der Waals surface area contributed by atoms with E-state index in [1.165, 1.54) is 12.1 Å². The van der Waals surface area contributed by atoms with E-state index in [2.05, 4.69) is 15.5 Å². The van der Waals surface area contributed by atoms with Crippen molar-refractivity contribution in [2.24, 2.45) is 0 Å². The molecule has 0 fully saturated rings. The number of benzene rings is 2. The molecule has 1 aliphatic heterocycles. The third-order valence-electron chi connectivity index (χ3n) is 5.68. The van der Waals surface area contributed by atoms with E-state index in [1.807, 2.05) is 31.2 Å². The summed E-state index contributed by atoms with van der Waals surface area (Å²) in [5.74, 6) is 1.49. The first-order valence-corrected chi connectivity index (χ1v) is 10.6. The predicted molar refractivity (Wildman–Crippen MR) is 121 cm³/mol. The van der Waals surface area contributed by atoms with Gasteiger partial charge in [-0.1, -0.05) is 17.3 Å². The number of nitrogens with one attached hydrogen (secondary N) is 1. The maximum Gasteiger partial charge on any atom is 0.322 e. The van der Waals surface area contributed by atoms with Crippen LogP contribution in [0.15, 0.2) is 81.6 Å². The summed E-state index contributed by atoms with van der Waals surface area (Å²) in [6.45, 7) is 2.06. The number of hydrogen-bond acceptors (Lipinski definition) is 6. The lowest BCUT2D eigenvalue weighted by Gasteiger charge is -2.34. The second kappa shape index (κ2) is 8.86. The highest BCUT2D eigenvalue weighted by Gasteiger charge is 2.36. The van der Waals surface area contributed by atoms with Crippen LogP contribution in [0, 0.1) is 5.82 Å². The maximum atomic E-state index is 13.4. The van der Waals surface area contributed by atoms with Gasteiger partial charge in [-0.2, -0.15) is 4.98 Å². The first-order valence-electron chi connectivity index (χ1n) is 10.6. The van der Waals surface area contributed by atoms with Crippen molar-refractivity contribution in [1.82, 2.24) is 20.4 Å². The van der Waals surface area contributed by atoms with Crippen molar-refractivity contribution in [2.75, 3.05) is 7.11 Å². The average Bonchev–Trinajstić information content (AvgIpc) is 3.54. The second-order valence-electron chi connectivity index (χ2n) is 7.75. The van der Waals surface area contributed by atoms with Crippen LogP contribution >= 0.6 is 0 Å². The van der Waals surface area contributed by atoms with E-state index in [1.54, 1.807) is 42.5 Å². The predicted octanol–water partition coefficient (Wildman–Crippen LogP) is 5.18. The van der Waals surface area contributed by atoms with E-state index in [0.717, 1.165) is 5.56 Å². The average molecular weight is 460 g/mol. The lowest BCUT2D eigenvalue weighted by atomic mass is 9.94. The van der Waals surface area contributed by atoms with Crippen LogP contribution in [-0.2, 0) is 6.54 Å². The highest BCUT2D eigenvalue weighted by Crippen LogP contribution is 2.38. The summed E-state index contributed by atoms with van der Waals surface area (Å²) >= 11 is 0. The third kappa shape index (κ3) is 4.03. The lowest BCUT2D eigenvalue weighted by molar-refractivity contribution is 0.199. The molecule has 1 N–H and O–H groups in total. The number of urea groups is 1. The molecule has 0 bridgehead atoms. The van der Waals surface area contributed by atoms with Crippen LogP contribution in [0.5, 0.6) is 5.75 Å². The van der Waals surface area contributed by atoms with Crippen LogP contribution in [0.4, 0.5) is 9.18 Å². The first-order chi connectivity index (χ1) is 16.5. The van der Waals surface area contributed by atoms with Gasteiger partial charge < -0.3 is 19.0 Å². The number of hydrogen-bond donors (Lipinski definition) is 1. The highest BCUT2D eigenvalue weighted by molar-refractivity contribution is 5.86. The van der Waals surface area contributed by atoms with Crippen molar-refractivity contribution < 1.29 is 22.9 Å². The molecule has 4 aromatic rings. The van der Waals surface area contributed by atoms with E-state index in [4.69, 9.17) is 13.7 Å². The Morgan fingerprint density at radius 2 is 1.97 bits per heavy atom. The Morgan fingerprint density at radius 1 is 1.15 bits per heavy atom. The number of rotatable bonds is 6. The van der Waals surface area contributed by atoms with Gasteiger partial charge in [0.2, 0.25) is 5.82 Å². The molecule has 0 radical (unpaired) electrons. The molecule has 8 nitrogen and oxygen atoms in total. The number of methoxy groups -OCH3 is 1. The van der Waals surface area contributed by atoms with Gasteiger partial charge in [-0.3, -0.25) is 4.90 Å². The summed E-state index contributed by atoms with van der Waals surface area (Å²) in [4.78, 5) is 19.2. The molecule has 0 saturated carbocycles. The number of carbonyl (C=O) groups excluding carboxylic acids is 1. The quantitative estimate of drug-likeness (QED) is 0.426. The fraction of sp³-hybridized carbons (Fsp3) is 0.160. The fourth-order valence-corrected chi connectivity index (χ4v) is 3.93. The van der Waals surface area contributed by atoms with Crippen LogP contribution < -0.4 is 10.1 Å². The van der Waals surface area contributed by atoms with Gasteiger partial charge in [0, 0.05) is 11.3 Å². The molecular weight excluding hydrogens is 439 g/mol. The molecule has 2 aromatic carbocycles. The Hall–Kier alpha value is -4.40. The summed E-state index contributed by atoms with van der Waals surface area (Å²) < 4.78 is 29.8. The van der Waals surface area contributed by atoms with Crippen LogP contribution in [0.3, 0.4) is 0 Å². The Balaban J connectivity index is 1.60. The molecule has 1 aliphatic rings. The van der Waals surface area contributed by atoms with Crippen LogP contribution in [0.1, 0.15) is 30.2 Å². The largest absolute Gasteiger partial charge is 0.497 e. The van der Waals surface area contributed by atoms with Crippen molar-refractivity contribution >= 4 is 11.6 Å². The number of carbonyl (C=O) groups is 1. The molecule has 9 heteroatoms. The minimum Gasteiger partial charge on any atom is -0.497 e. The van der Waals surface area contributed by atoms with E-state index in [0.29, 0.717) is 34.2 Å². The zero-order valence-corrected chi connectivity index (χ0v) is 18.5. The Kier molecular flexibility index (Phi) is 5.59. The van der Waals surface area contributed by atoms with Crippen molar-refractivity contribution in [3.8, 4) is 17.1 Å². The van der Waals surface area contributed by atoms with Crippen LogP contribution in [0.25, 0.3) is 17.0 Å². The summed E-state index contributed by atoms with van der Waals surface area (Å²) in [5, 5.41) is 7.13. The summed E-state index contributed by atoms with van der Waals surface area (Å²) in [5.41, 5.74) is 2.68. The standard InChI is InChI=1S/C25H21FN4O4/c1-15-21(24-28-23(29-34-24)16-8-10-18(26)11-9-16)22(17-5-3-6-19(13-17)32-2)27-25(31)30(15)14-20-7-4-12-33-20/h3-13,22H,14H2,1-2H3,(H,27,31). The van der Waals surface area contributed by atoms with Gasteiger partial charge in [0.15, 0.2) is 0 Å². The van der Waals surface area contributed by atoms with Gasteiger partial charge in [-0.05, 0) is 61.0 Å². The number of halogens is 1. The number of furan rings is 1. The maximum absolute atomic E-state index is 13.4. The molecule has 1 atom stereocenters. The summed E-state index contributed by atoms with van der Waals surface area (Å²) in [6, 6.07) is 16.0. The molecule has 5 rings (SSSR count). The summed E-state index contributed by atoms with van der Waals surface area (Å²) in [6.07, 6.45) is 1.56. The van der Waals surface area contributed by atoms with E-state index in [-0.39, 0.29) is 24.3 Å². The van der Waals surface area contributed by atoms with E-state index < -0.39 is 6.04 Å². The Morgan fingerprint density at radius 3 is 2.71 bits per heavy atom. The molecule has 2 amide bonds. The second-order valence-corrected chi connectivity index (χ2v) is 7.75. The molecule has 1 unspecified atom stereocenters. The lowest BCUT2D eigenvalue weighted by Crippen LogP contribution is -2.45. The van der Waals surface area contributed by atoms with Crippen LogP contribution in [-0.4, -0.2) is 28.2 Å². The molecule has 172 valence electrons. The number of nitrogens with zero attached hydrogens (tertiary/aromatic N) is 3. The summed E-state index contributed by atoms with van der Waals surface area (Å²) in [7, 11) is 1.58. The zero-order chi connectivity index (χ0) is 23.7. The smallest absolute Gasteiger partial charge is 0.322 e. The zero-order valence-electron chi connectivity index (χ0n) is 18.5. The fourth-order valence-electron chi connectivity index (χ4n) is 3.93. The normalized spacial score (nSPS) is 16.0. The SMILES string of the molecule is COc1cccc(C2NC(=O)N(Cc3ccco3)C(C)=C2c2nc(-c3ccc(F)cc3)no2)c1. The van der Waals surface area contributed by atoms with Crippen molar-refractivity contribution in [1.29, 1.82) is 0 Å². The number of allylic oxidation sites excluding steroid dienone is 1. The minimum atomic E-state index is -0.558. The van der Waals surface area contributed by atoms with Crippen LogP contribution in [0.2, 0.25) is 0 Å². The van der Waals surface area contributed by atoms with Gasteiger partial charge in [0.1, 0.15) is 17.3 Å². The number of amides is 2. The van der Waals surface area contributed by atoms with E-state index >= 15 is 0 Å². The van der Waals surface area contributed by atoms with Crippen molar-refractivity contribution in [3.05, 3.63) is 95.7 Å². The topological polar surface area (TPSA) is 93.6 Å². The Labute approximate surface area is 194 Å². The Bertz CT molecular complexity index is 1350. The van der Waals surface area contributed by atoms with Gasteiger partial charge in [-0.25, -0.2) is 9.18 Å². The highest BCUT2D eigenvalue weighted by atomic mass is 19.1. The van der Waals surface area contributed by atoms with Crippen molar-refractivity contribution in [2.45, 2.75) is 19.5 Å². The molecule has 2 aromatic heterocycles. The molecule has 34 heavy (non-hydrogen) atoms. The molecular formula is C25H21FN4O4. The van der Waals surface area contributed by atoms with Gasteiger partial charge in [0.25, 0.3) is 5.89 Å². The number of ether oxygens (including phenoxy) is 1. The molecule has 3 heterocycles. The third-order valence-corrected chi connectivity index (χ3v) is 5.68. The molecule has 0 spiro atoms. The van der Waals surface area contributed by atoms with Gasteiger partial charge in [-0.15, -0.1) is 0 Å². The minimum absolute atomic E-state index is 0.234. The van der Waals surface area contributed by atoms with E-state index in [9.17, 15) is 9.18 Å². The molecule has 0 saturated heterocycles. The molecule has 0 aliphatic carbocycles. The van der Waals surface area contributed by atoms with Gasteiger partial charge >= 0.3 is 6.03 Å². The monoisotopic (exact) mass is 460 g/mol. The van der Waals surface area contributed by atoms with Gasteiger partial charge in [0.05, 0.1) is 31.5 Å². The number of aromatic nitrogens is 2.